The van der Waals surface area contributed by atoms with Crippen molar-refractivity contribution in [2.75, 3.05) is 6.54 Å². The number of hydrogen-bond acceptors (Lipinski definition) is 2. The molecular formula is C15H17F3N2O2. The lowest BCUT2D eigenvalue weighted by molar-refractivity contribution is -0.137. The Kier molecular flexibility index (Phi) is 6.15. The molecule has 1 aromatic rings. The van der Waals surface area contributed by atoms with E-state index < -0.39 is 23.7 Å². The van der Waals surface area contributed by atoms with E-state index in [1.807, 2.05) is 0 Å². The molecule has 22 heavy (non-hydrogen) atoms. The van der Waals surface area contributed by atoms with Crippen LogP contribution in [-0.4, -0.2) is 24.4 Å². The number of amides is 2. The van der Waals surface area contributed by atoms with Crippen LogP contribution in [0.15, 0.2) is 30.3 Å². The monoisotopic (exact) mass is 314 g/mol. The summed E-state index contributed by atoms with van der Waals surface area (Å²) < 4.78 is 37.2. The maximum atomic E-state index is 12.4. The van der Waals surface area contributed by atoms with Gasteiger partial charge in [0.2, 0.25) is 11.8 Å². The van der Waals surface area contributed by atoms with Crippen LogP contribution in [0.25, 0.3) is 6.08 Å². The van der Waals surface area contributed by atoms with Gasteiger partial charge < -0.3 is 10.6 Å². The Morgan fingerprint density at radius 3 is 2.32 bits per heavy atom. The van der Waals surface area contributed by atoms with E-state index in [0.717, 1.165) is 12.1 Å². The summed E-state index contributed by atoms with van der Waals surface area (Å²) in [5, 5.41) is 5.01. The molecule has 7 heteroatoms. The van der Waals surface area contributed by atoms with E-state index in [0.29, 0.717) is 12.1 Å². The van der Waals surface area contributed by atoms with Crippen molar-refractivity contribution in [3.05, 3.63) is 41.5 Å². The van der Waals surface area contributed by atoms with Gasteiger partial charge in [-0.15, -0.1) is 0 Å². The highest BCUT2D eigenvalue weighted by Gasteiger charge is 2.29. The number of alkyl halides is 3. The molecule has 1 atom stereocenters. The molecule has 0 fully saturated rings. The van der Waals surface area contributed by atoms with Crippen LogP contribution < -0.4 is 10.6 Å². The maximum Gasteiger partial charge on any atom is 0.416 e. The molecule has 4 nitrogen and oxygen atoms in total. The predicted octanol–water partition coefficient (Wildman–Crippen LogP) is 2.36. The van der Waals surface area contributed by atoms with Crippen LogP contribution in [0.5, 0.6) is 0 Å². The van der Waals surface area contributed by atoms with Crippen LogP contribution in [0.1, 0.15) is 25.0 Å². The van der Waals surface area contributed by atoms with E-state index in [2.05, 4.69) is 10.6 Å². The Hall–Kier alpha value is -2.31. The number of halogens is 3. The first-order valence-electron chi connectivity index (χ1n) is 6.67. The number of rotatable bonds is 5. The van der Waals surface area contributed by atoms with Gasteiger partial charge in [0.25, 0.3) is 0 Å². The molecule has 0 aliphatic rings. The number of carbonyl (C=O) groups is 2. The van der Waals surface area contributed by atoms with E-state index in [-0.39, 0.29) is 5.91 Å². The Bertz CT molecular complexity index is 551. The van der Waals surface area contributed by atoms with Gasteiger partial charge in [0.05, 0.1) is 5.56 Å². The van der Waals surface area contributed by atoms with Crippen molar-refractivity contribution in [1.82, 2.24) is 10.6 Å². The summed E-state index contributed by atoms with van der Waals surface area (Å²) in [7, 11) is 0. The Balaban J connectivity index is 2.61. The molecule has 0 aromatic heterocycles. The minimum Gasteiger partial charge on any atom is -0.355 e. The molecule has 1 rings (SSSR count). The van der Waals surface area contributed by atoms with Gasteiger partial charge in [-0.3, -0.25) is 9.59 Å². The molecule has 1 unspecified atom stereocenters. The molecule has 0 saturated heterocycles. The molecule has 0 bridgehead atoms. The van der Waals surface area contributed by atoms with Crippen LogP contribution in [0.4, 0.5) is 13.2 Å². The molecule has 0 aliphatic heterocycles. The van der Waals surface area contributed by atoms with Crippen LogP contribution in [-0.2, 0) is 15.8 Å². The molecule has 1 aromatic carbocycles. The van der Waals surface area contributed by atoms with Gasteiger partial charge in [-0.05, 0) is 37.6 Å². The fourth-order valence-electron chi connectivity index (χ4n) is 1.61. The minimum atomic E-state index is -4.39. The summed E-state index contributed by atoms with van der Waals surface area (Å²) in [5.74, 6) is -0.808. The molecule has 0 spiro atoms. The Labute approximate surface area is 126 Å². The van der Waals surface area contributed by atoms with Gasteiger partial charge in [-0.1, -0.05) is 12.1 Å². The van der Waals surface area contributed by atoms with Gasteiger partial charge in [0.15, 0.2) is 0 Å². The largest absolute Gasteiger partial charge is 0.416 e. The van der Waals surface area contributed by atoms with Crippen LogP contribution in [0, 0.1) is 0 Å². The number of likely N-dealkylation sites (N-methyl/N-ethyl adjacent to an activating group) is 1. The Morgan fingerprint density at radius 1 is 1.23 bits per heavy atom. The Morgan fingerprint density at radius 2 is 1.82 bits per heavy atom. The normalized spacial score (nSPS) is 13.0. The third kappa shape index (κ3) is 5.59. The van der Waals surface area contributed by atoms with E-state index in [4.69, 9.17) is 0 Å². The molecule has 0 radical (unpaired) electrons. The molecule has 0 aliphatic carbocycles. The number of hydrogen-bond donors (Lipinski definition) is 2. The quantitative estimate of drug-likeness (QED) is 0.820. The summed E-state index contributed by atoms with van der Waals surface area (Å²) in [5.41, 5.74) is -0.298. The second-order valence-electron chi connectivity index (χ2n) is 4.58. The topological polar surface area (TPSA) is 58.2 Å². The number of carbonyl (C=O) groups excluding carboxylic acids is 2. The molecule has 2 N–H and O–H groups in total. The predicted molar refractivity (Wildman–Crippen MR) is 76.8 cm³/mol. The van der Waals surface area contributed by atoms with Gasteiger partial charge in [-0.25, -0.2) is 0 Å². The average molecular weight is 314 g/mol. The third-order valence-electron chi connectivity index (χ3n) is 2.77. The lowest BCUT2D eigenvalue weighted by atomic mass is 10.1. The lowest BCUT2D eigenvalue weighted by Gasteiger charge is -2.11. The summed E-state index contributed by atoms with van der Waals surface area (Å²) in [4.78, 5) is 23.0. The van der Waals surface area contributed by atoms with Gasteiger partial charge in [0.1, 0.15) is 6.04 Å². The summed E-state index contributed by atoms with van der Waals surface area (Å²) in [6, 6.07) is 3.72. The standard InChI is InChI=1S/C15H17F3N2O2/c1-3-19-14(22)10(2)20-13(21)9-6-11-4-7-12(8-5-11)15(16,17)18/h4-10H,3H2,1-2H3,(H,19,22)(H,20,21)/b9-6+. The van der Waals surface area contributed by atoms with Crippen LogP contribution >= 0.6 is 0 Å². The third-order valence-corrected chi connectivity index (χ3v) is 2.77. The maximum absolute atomic E-state index is 12.4. The van der Waals surface area contributed by atoms with Crippen molar-refractivity contribution in [2.24, 2.45) is 0 Å². The number of benzene rings is 1. The zero-order valence-electron chi connectivity index (χ0n) is 12.2. The highest BCUT2D eigenvalue weighted by atomic mass is 19.4. The van der Waals surface area contributed by atoms with E-state index in [1.165, 1.54) is 31.2 Å². The van der Waals surface area contributed by atoms with Crippen molar-refractivity contribution in [2.45, 2.75) is 26.1 Å². The summed E-state index contributed by atoms with van der Waals surface area (Å²) in [6.45, 7) is 3.76. The van der Waals surface area contributed by atoms with E-state index in [9.17, 15) is 22.8 Å². The van der Waals surface area contributed by atoms with Crippen molar-refractivity contribution in [3.8, 4) is 0 Å². The van der Waals surface area contributed by atoms with Crippen molar-refractivity contribution >= 4 is 17.9 Å². The van der Waals surface area contributed by atoms with Gasteiger partial charge in [0, 0.05) is 12.6 Å². The fraction of sp³-hybridized carbons (Fsp3) is 0.333. The molecule has 0 heterocycles. The van der Waals surface area contributed by atoms with E-state index in [1.54, 1.807) is 6.92 Å². The first-order chi connectivity index (χ1) is 10.2. The smallest absolute Gasteiger partial charge is 0.355 e. The van der Waals surface area contributed by atoms with Crippen LogP contribution in [0.2, 0.25) is 0 Å². The second-order valence-corrected chi connectivity index (χ2v) is 4.58. The molecule has 120 valence electrons. The molecular weight excluding hydrogens is 297 g/mol. The zero-order valence-corrected chi connectivity index (χ0v) is 12.2. The zero-order chi connectivity index (χ0) is 16.8. The minimum absolute atomic E-state index is 0.307. The van der Waals surface area contributed by atoms with Gasteiger partial charge >= 0.3 is 6.18 Å². The summed E-state index contributed by atoms with van der Waals surface area (Å²) in [6.07, 6.45) is -1.85. The number of nitrogens with one attached hydrogen (secondary N) is 2. The van der Waals surface area contributed by atoms with E-state index >= 15 is 0 Å². The lowest BCUT2D eigenvalue weighted by Crippen LogP contribution is -2.44. The van der Waals surface area contributed by atoms with Crippen molar-refractivity contribution in [1.29, 1.82) is 0 Å². The van der Waals surface area contributed by atoms with Gasteiger partial charge in [-0.2, -0.15) is 13.2 Å². The highest BCUT2D eigenvalue weighted by molar-refractivity contribution is 5.95. The second kappa shape index (κ2) is 7.63. The SMILES string of the molecule is CCNC(=O)C(C)NC(=O)/C=C/c1ccc(C(F)(F)F)cc1. The van der Waals surface area contributed by atoms with Crippen molar-refractivity contribution < 1.29 is 22.8 Å². The summed E-state index contributed by atoms with van der Waals surface area (Å²) >= 11 is 0. The molecule has 0 saturated carbocycles. The fourth-order valence-corrected chi connectivity index (χ4v) is 1.61. The average Bonchev–Trinajstić information content (AvgIpc) is 2.45. The first-order valence-corrected chi connectivity index (χ1v) is 6.67. The first kappa shape index (κ1) is 17.7. The molecule has 2 amide bonds. The highest BCUT2D eigenvalue weighted by Crippen LogP contribution is 2.29. The van der Waals surface area contributed by atoms with Crippen molar-refractivity contribution in [3.63, 3.8) is 0 Å². The van der Waals surface area contributed by atoms with Crippen LogP contribution in [0.3, 0.4) is 0 Å².